The van der Waals surface area contributed by atoms with Crippen molar-refractivity contribution in [1.29, 1.82) is 0 Å². The van der Waals surface area contributed by atoms with Crippen LogP contribution < -0.4 is 0 Å². The van der Waals surface area contributed by atoms with E-state index < -0.39 is 0 Å². The van der Waals surface area contributed by atoms with Gasteiger partial charge in [-0.3, -0.25) is 0 Å². The number of thiazole rings is 1. The van der Waals surface area contributed by atoms with Gasteiger partial charge in [0.25, 0.3) is 0 Å². The van der Waals surface area contributed by atoms with E-state index in [9.17, 15) is 0 Å². The summed E-state index contributed by atoms with van der Waals surface area (Å²) in [6.07, 6.45) is 0.784. The van der Waals surface area contributed by atoms with Crippen LogP contribution in [0.5, 0.6) is 0 Å². The molecule has 0 amide bonds. The maximum absolute atomic E-state index is 9.15. The molecule has 0 fully saturated rings. The third-order valence-electron chi connectivity index (χ3n) is 2.49. The fraction of sp³-hybridized carbons (Fsp3) is 0.308. The number of hydrogen-bond donors (Lipinski definition) is 1. The molecule has 1 heterocycles. The largest absolute Gasteiger partial charge is 0.390 e. The number of aromatic nitrogens is 1. The highest BCUT2D eigenvalue weighted by atomic mass is 79.9. The highest BCUT2D eigenvalue weighted by molar-refractivity contribution is 9.11. The quantitative estimate of drug-likeness (QED) is 0.829. The van der Waals surface area contributed by atoms with Gasteiger partial charge in [-0.1, -0.05) is 30.3 Å². The Hall–Kier alpha value is -0.750. The van der Waals surface area contributed by atoms with Gasteiger partial charge in [-0.25, -0.2) is 4.98 Å². The molecule has 0 aliphatic carbocycles. The van der Waals surface area contributed by atoms with Crippen LogP contribution in [0.2, 0.25) is 0 Å². The van der Waals surface area contributed by atoms with Crippen LogP contribution in [0, 0.1) is 0 Å². The molecule has 0 saturated carbocycles. The van der Waals surface area contributed by atoms with Gasteiger partial charge in [0.2, 0.25) is 0 Å². The molecule has 0 unspecified atom stereocenters. The third kappa shape index (κ3) is 3.88. The summed E-state index contributed by atoms with van der Waals surface area (Å²) >= 11 is 4.88. The van der Waals surface area contributed by atoms with E-state index >= 15 is 0 Å². The Morgan fingerprint density at radius 3 is 2.78 bits per heavy atom. The molecular weight excluding hydrogens is 314 g/mol. The van der Waals surface area contributed by atoms with Crippen LogP contribution in [0.15, 0.2) is 34.2 Å². The number of ether oxygens (including phenoxy) is 1. The van der Waals surface area contributed by atoms with E-state index in [4.69, 9.17) is 9.84 Å². The van der Waals surface area contributed by atoms with E-state index in [1.807, 2.05) is 30.3 Å². The monoisotopic (exact) mass is 327 g/mol. The van der Waals surface area contributed by atoms with Crippen LogP contribution in [0.3, 0.4) is 0 Å². The molecule has 0 spiro atoms. The zero-order valence-electron chi connectivity index (χ0n) is 9.80. The van der Waals surface area contributed by atoms with Gasteiger partial charge in [-0.15, -0.1) is 11.3 Å². The Labute approximate surface area is 119 Å². The van der Waals surface area contributed by atoms with Crippen molar-refractivity contribution in [2.24, 2.45) is 0 Å². The van der Waals surface area contributed by atoms with Crippen molar-refractivity contribution in [3.63, 3.8) is 0 Å². The molecule has 0 radical (unpaired) electrons. The Morgan fingerprint density at radius 2 is 2.06 bits per heavy atom. The van der Waals surface area contributed by atoms with Gasteiger partial charge >= 0.3 is 0 Å². The summed E-state index contributed by atoms with van der Waals surface area (Å²) < 4.78 is 6.42. The molecule has 0 atom stereocenters. The maximum Gasteiger partial charge on any atom is 0.159 e. The van der Waals surface area contributed by atoms with Crippen molar-refractivity contribution in [3.05, 3.63) is 50.4 Å². The highest BCUT2D eigenvalue weighted by Crippen LogP contribution is 2.23. The number of benzene rings is 1. The molecule has 1 aromatic carbocycles. The Balaban J connectivity index is 1.78. The minimum absolute atomic E-state index is 0.0177. The van der Waals surface area contributed by atoms with Gasteiger partial charge < -0.3 is 9.84 Å². The summed E-state index contributed by atoms with van der Waals surface area (Å²) in [5.41, 5.74) is 1.92. The first-order valence-corrected chi connectivity index (χ1v) is 7.27. The number of hydrogen-bond acceptors (Lipinski definition) is 4. The van der Waals surface area contributed by atoms with Crippen molar-refractivity contribution in [2.75, 3.05) is 6.61 Å². The number of nitrogens with zero attached hydrogens (tertiary/aromatic N) is 1. The molecule has 96 valence electrons. The second-order valence-electron chi connectivity index (χ2n) is 3.78. The molecule has 5 heteroatoms. The smallest absolute Gasteiger partial charge is 0.159 e. The maximum atomic E-state index is 9.15. The molecule has 2 rings (SSSR count). The van der Waals surface area contributed by atoms with E-state index in [0.717, 1.165) is 20.9 Å². The minimum atomic E-state index is -0.0177. The van der Waals surface area contributed by atoms with E-state index in [1.54, 1.807) is 11.3 Å². The zero-order chi connectivity index (χ0) is 12.8. The molecule has 2 aromatic rings. The topological polar surface area (TPSA) is 42.4 Å². The Bertz CT molecular complexity index is 487. The lowest BCUT2D eigenvalue weighted by Gasteiger charge is -2.03. The molecule has 0 saturated heterocycles. The molecule has 1 aromatic heterocycles. The van der Waals surface area contributed by atoms with Gasteiger partial charge in [-0.05, 0) is 21.5 Å². The first kappa shape index (κ1) is 13.7. The number of aliphatic hydroxyl groups is 1. The minimum Gasteiger partial charge on any atom is -0.390 e. The predicted octanol–water partition coefficient (Wildman–Crippen LogP) is 3.16. The molecule has 0 aliphatic rings. The van der Waals surface area contributed by atoms with E-state index in [-0.39, 0.29) is 6.61 Å². The first-order chi connectivity index (χ1) is 8.79. The third-order valence-corrected chi connectivity index (χ3v) is 4.10. The summed E-state index contributed by atoms with van der Waals surface area (Å²) in [5.74, 6) is 0. The predicted molar refractivity (Wildman–Crippen MR) is 75.5 cm³/mol. The molecule has 1 N–H and O–H groups in total. The standard InChI is InChI=1S/C13H14BrNO2S/c14-13-15-11(8-16)12(18-13)6-7-17-9-10-4-2-1-3-5-10/h1-5,16H,6-9H2. The van der Waals surface area contributed by atoms with Crippen molar-refractivity contribution >= 4 is 27.3 Å². The summed E-state index contributed by atoms with van der Waals surface area (Å²) in [6.45, 7) is 1.24. The SMILES string of the molecule is OCc1nc(Br)sc1CCOCc1ccccc1. The summed E-state index contributed by atoms with van der Waals surface area (Å²) in [5, 5.41) is 9.15. The number of rotatable bonds is 6. The summed E-state index contributed by atoms with van der Waals surface area (Å²) in [6, 6.07) is 10.1. The summed E-state index contributed by atoms with van der Waals surface area (Å²) in [4.78, 5) is 5.28. The van der Waals surface area contributed by atoms with E-state index in [1.165, 1.54) is 5.56 Å². The van der Waals surface area contributed by atoms with Crippen molar-refractivity contribution in [2.45, 2.75) is 19.6 Å². The van der Waals surface area contributed by atoms with Crippen LogP contribution in [0.1, 0.15) is 16.1 Å². The van der Waals surface area contributed by atoms with Gasteiger partial charge in [0.15, 0.2) is 3.92 Å². The number of halogens is 1. The number of aliphatic hydroxyl groups excluding tert-OH is 1. The van der Waals surface area contributed by atoms with Gasteiger partial charge in [0.05, 0.1) is 25.5 Å². The fourth-order valence-corrected chi connectivity index (χ4v) is 3.17. The summed E-state index contributed by atoms with van der Waals surface area (Å²) in [7, 11) is 0. The van der Waals surface area contributed by atoms with Crippen molar-refractivity contribution in [1.82, 2.24) is 4.98 Å². The van der Waals surface area contributed by atoms with Crippen LogP contribution in [0.4, 0.5) is 0 Å². The molecule has 18 heavy (non-hydrogen) atoms. The average Bonchev–Trinajstić information content (AvgIpc) is 2.76. The normalized spacial score (nSPS) is 10.8. The van der Waals surface area contributed by atoms with Gasteiger partial charge in [0, 0.05) is 11.3 Å². The van der Waals surface area contributed by atoms with E-state index in [0.29, 0.717) is 13.2 Å². The fourth-order valence-electron chi connectivity index (χ4n) is 1.60. The Kier molecular flexibility index (Phi) is 5.31. The molecule has 0 aliphatic heterocycles. The van der Waals surface area contributed by atoms with Crippen LogP contribution in [-0.4, -0.2) is 16.7 Å². The molecular formula is C13H14BrNO2S. The second kappa shape index (κ2) is 6.99. The first-order valence-electron chi connectivity index (χ1n) is 5.66. The Morgan fingerprint density at radius 1 is 1.28 bits per heavy atom. The van der Waals surface area contributed by atoms with Gasteiger partial charge in [0.1, 0.15) is 0 Å². The van der Waals surface area contributed by atoms with Crippen LogP contribution >= 0.6 is 27.3 Å². The van der Waals surface area contributed by atoms with Gasteiger partial charge in [-0.2, -0.15) is 0 Å². The van der Waals surface area contributed by atoms with Crippen molar-refractivity contribution < 1.29 is 9.84 Å². The van der Waals surface area contributed by atoms with Crippen LogP contribution in [0.25, 0.3) is 0 Å². The zero-order valence-corrected chi connectivity index (χ0v) is 12.2. The second-order valence-corrected chi connectivity index (χ2v) is 6.14. The average molecular weight is 328 g/mol. The highest BCUT2D eigenvalue weighted by Gasteiger charge is 2.08. The lowest BCUT2D eigenvalue weighted by atomic mass is 10.2. The van der Waals surface area contributed by atoms with E-state index in [2.05, 4.69) is 20.9 Å². The van der Waals surface area contributed by atoms with Crippen molar-refractivity contribution in [3.8, 4) is 0 Å². The molecule has 3 nitrogen and oxygen atoms in total. The molecule has 0 bridgehead atoms. The lowest BCUT2D eigenvalue weighted by molar-refractivity contribution is 0.124. The van der Waals surface area contributed by atoms with Crippen LogP contribution in [-0.2, 0) is 24.4 Å². The lowest BCUT2D eigenvalue weighted by Crippen LogP contribution is -2.00.